The Labute approximate surface area is 111 Å². The predicted molar refractivity (Wildman–Crippen MR) is 74.3 cm³/mol. The summed E-state index contributed by atoms with van der Waals surface area (Å²) in [6.07, 6.45) is 2.19. The second kappa shape index (κ2) is 5.89. The zero-order valence-electron chi connectivity index (χ0n) is 10.2. The van der Waals surface area contributed by atoms with Crippen molar-refractivity contribution in [3.63, 3.8) is 0 Å². The normalized spacial score (nSPS) is 22.1. The first-order valence-electron chi connectivity index (χ1n) is 5.76. The van der Waals surface area contributed by atoms with E-state index in [1.165, 1.54) is 5.56 Å². The third-order valence-corrected chi connectivity index (χ3v) is 4.50. The number of nitrogens with zero attached hydrogens (tertiary/aromatic N) is 1. The number of thioether (sulfide) groups is 1. The van der Waals surface area contributed by atoms with Gasteiger partial charge in [-0.1, -0.05) is 6.92 Å². The maximum absolute atomic E-state index is 11.9. The fraction of sp³-hybridized carbons (Fsp3) is 0.583. The lowest BCUT2D eigenvalue weighted by Crippen LogP contribution is -2.34. The van der Waals surface area contributed by atoms with Crippen molar-refractivity contribution in [2.45, 2.75) is 13.1 Å². The molecule has 17 heavy (non-hydrogen) atoms. The van der Waals surface area contributed by atoms with Crippen molar-refractivity contribution in [2.24, 2.45) is 5.92 Å². The minimum Gasteiger partial charge on any atom is -0.321 e. The summed E-state index contributed by atoms with van der Waals surface area (Å²) < 4.78 is 0. The van der Waals surface area contributed by atoms with Crippen molar-refractivity contribution in [2.75, 3.05) is 25.1 Å². The van der Waals surface area contributed by atoms with E-state index in [-0.39, 0.29) is 12.1 Å². The topological polar surface area (TPSA) is 32.3 Å². The molecular weight excluding hydrogens is 252 g/mol. The lowest BCUT2D eigenvalue weighted by atomic mass is 10.1. The Kier molecular flexibility index (Phi) is 4.48. The Morgan fingerprint density at radius 2 is 2.53 bits per heavy atom. The first kappa shape index (κ1) is 12.9. The van der Waals surface area contributed by atoms with Gasteiger partial charge in [0.1, 0.15) is 6.17 Å². The van der Waals surface area contributed by atoms with Crippen LogP contribution >= 0.6 is 23.1 Å². The third-order valence-electron chi connectivity index (χ3n) is 2.90. The molecule has 3 nitrogen and oxygen atoms in total. The summed E-state index contributed by atoms with van der Waals surface area (Å²) in [4.78, 5) is 13.9. The minimum atomic E-state index is 0.0815. The lowest BCUT2D eigenvalue weighted by Gasteiger charge is -2.26. The molecule has 1 amide bonds. The Morgan fingerprint density at radius 3 is 3.18 bits per heavy atom. The van der Waals surface area contributed by atoms with E-state index in [9.17, 15) is 4.79 Å². The average molecular weight is 270 g/mol. The molecule has 1 aliphatic rings. The lowest BCUT2D eigenvalue weighted by molar-refractivity contribution is -0.128. The van der Waals surface area contributed by atoms with Crippen molar-refractivity contribution in [1.82, 2.24) is 10.2 Å². The van der Waals surface area contributed by atoms with Crippen molar-refractivity contribution >= 4 is 29.0 Å². The summed E-state index contributed by atoms with van der Waals surface area (Å²) in [5.74, 6) is 1.85. The van der Waals surface area contributed by atoms with Gasteiger partial charge in [-0.2, -0.15) is 23.1 Å². The molecule has 2 rings (SSSR count). The van der Waals surface area contributed by atoms with Crippen LogP contribution in [0, 0.1) is 5.92 Å². The molecule has 94 valence electrons. The Bertz CT molecular complexity index is 367. The fourth-order valence-electron chi connectivity index (χ4n) is 2.15. The molecule has 0 aromatic carbocycles. The van der Waals surface area contributed by atoms with Crippen LogP contribution in [0.15, 0.2) is 16.8 Å². The van der Waals surface area contributed by atoms with Gasteiger partial charge in [0, 0.05) is 6.54 Å². The van der Waals surface area contributed by atoms with Gasteiger partial charge in [-0.25, -0.2) is 0 Å². The van der Waals surface area contributed by atoms with Gasteiger partial charge in [-0.05, 0) is 40.3 Å². The molecule has 5 heteroatoms. The molecular formula is C12H18N2OS2. The number of carbonyl (C=O) groups is 1. The van der Waals surface area contributed by atoms with Crippen LogP contribution in [0.3, 0.4) is 0 Å². The molecule has 0 saturated carbocycles. The van der Waals surface area contributed by atoms with Gasteiger partial charge in [-0.15, -0.1) is 0 Å². The van der Waals surface area contributed by atoms with Gasteiger partial charge >= 0.3 is 0 Å². The van der Waals surface area contributed by atoms with E-state index >= 15 is 0 Å². The maximum atomic E-state index is 11.9. The smallest absolute Gasteiger partial charge is 0.238 e. The van der Waals surface area contributed by atoms with Crippen LogP contribution in [0.1, 0.15) is 18.7 Å². The predicted octanol–water partition coefficient (Wildman–Crippen LogP) is 2.18. The number of rotatable bonds is 5. The highest BCUT2D eigenvalue weighted by Gasteiger charge is 2.32. The van der Waals surface area contributed by atoms with Gasteiger partial charge in [0.25, 0.3) is 0 Å². The standard InChI is InChI=1S/C12H18N2OS2/c1-9(7-16-2)6-14-11(15)5-13-12(14)10-3-4-17-8-10/h3-4,8-9,12-13H,5-7H2,1-2H3. The molecule has 1 aliphatic heterocycles. The Balaban J connectivity index is 2.04. The summed E-state index contributed by atoms with van der Waals surface area (Å²) >= 11 is 3.51. The maximum Gasteiger partial charge on any atom is 0.238 e. The number of carbonyl (C=O) groups excluding carboxylic acids is 1. The summed E-state index contributed by atoms with van der Waals surface area (Å²) in [5, 5.41) is 7.46. The van der Waals surface area contributed by atoms with E-state index in [1.54, 1.807) is 11.3 Å². The van der Waals surface area contributed by atoms with Crippen molar-refractivity contribution in [3.05, 3.63) is 22.4 Å². The van der Waals surface area contributed by atoms with E-state index in [2.05, 4.69) is 35.3 Å². The molecule has 0 spiro atoms. The van der Waals surface area contributed by atoms with Gasteiger partial charge in [0.15, 0.2) is 0 Å². The minimum absolute atomic E-state index is 0.0815. The molecule has 1 aromatic heterocycles. The third kappa shape index (κ3) is 3.03. The second-order valence-corrected chi connectivity index (χ2v) is 6.14. The zero-order chi connectivity index (χ0) is 12.3. The van der Waals surface area contributed by atoms with Crippen LogP contribution in [0.25, 0.3) is 0 Å². The number of hydrogen-bond acceptors (Lipinski definition) is 4. The van der Waals surface area contributed by atoms with Gasteiger partial charge < -0.3 is 4.90 Å². The van der Waals surface area contributed by atoms with E-state index in [0.717, 1.165) is 12.3 Å². The largest absolute Gasteiger partial charge is 0.321 e. The monoisotopic (exact) mass is 270 g/mol. The Hall–Kier alpha value is -0.520. The fourth-order valence-corrected chi connectivity index (χ4v) is 3.50. The molecule has 2 heterocycles. The molecule has 1 aromatic rings. The van der Waals surface area contributed by atoms with E-state index in [0.29, 0.717) is 12.5 Å². The molecule has 2 atom stereocenters. The van der Waals surface area contributed by atoms with Crippen molar-refractivity contribution in [1.29, 1.82) is 0 Å². The summed E-state index contributed by atoms with van der Waals surface area (Å²) in [6, 6.07) is 2.09. The van der Waals surface area contributed by atoms with Crippen LogP contribution in [-0.4, -0.2) is 35.9 Å². The van der Waals surface area contributed by atoms with Crippen LogP contribution in [0.2, 0.25) is 0 Å². The quantitative estimate of drug-likeness (QED) is 0.890. The molecule has 1 saturated heterocycles. The molecule has 0 radical (unpaired) electrons. The van der Waals surface area contributed by atoms with Crippen molar-refractivity contribution < 1.29 is 4.79 Å². The molecule has 1 fully saturated rings. The first-order valence-corrected chi connectivity index (χ1v) is 8.10. The zero-order valence-corrected chi connectivity index (χ0v) is 11.8. The highest BCUT2D eigenvalue weighted by Crippen LogP contribution is 2.25. The summed E-state index contributed by atoms with van der Waals surface area (Å²) in [5.41, 5.74) is 1.21. The average Bonchev–Trinajstić information content (AvgIpc) is 2.90. The number of hydrogen-bond donors (Lipinski definition) is 1. The molecule has 1 N–H and O–H groups in total. The highest BCUT2D eigenvalue weighted by molar-refractivity contribution is 7.98. The summed E-state index contributed by atoms with van der Waals surface area (Å²) in [6.45, 7) is 3.51. The number of nitrogens with one attached hydrogen (secondary N) is 1. The van der Waals surface area contributed by atoms with Crippen LogP contribution in [0.5, 0.6) is 0 Å². The highest BCUT2D eigenvalue weighted by atomic mass is 32.2. The second-order valence-electron chi connectivity index (χ2n) is 4.45. The van der Waals surface area contributed by atoms with Crippen LogP contribution < -0.4 is 5.32 Å². The van der Waals surface area contributed by atoms with Crippen LogP contribution in [-0.2, 0) is 4.79 Å². The summed E-state index contributed by atoms with van der Waals surface area (Å²) in [7, 11) is 0. The van der Waals surface area contributed by atoms with Crippen LogP contribution in [0.4, 0.5) is 0 Å². The van der Waals surface area contributed by atoms with Gasteiger partial charge in [0.2, 0.25) is 5.91 Å². The molecule has 2 unspecified atom stereocenters. The van der Waals surface area contributed by atoms with Crippen molar-refractivity contribution in [3.8, 4) is 0 Å². The molecule has 0 bridgehead atoms. The number of amides is 1. The van der Waals surface area contributed by atoms with E-state index in [4.69, 9.17) is 0 Å². The van der Waals surface area contributed by atoms with Gasteiger partial charge in [0.05, 0.1) is 6.54 Å². The van der Waals surface area contributed by atoms with E-state index < -0.39 is 0 Å². The number of thiophene rings is 1. The first-order chi connectivity index (χ1) is 8.22. The Morgan fingerprint density at radius 1 is 1.71 bits per heavy atom. The molecule has 0 aliphatic carbocycles. The SMILES string of the molecule is CSCC(C)CN1C(=O)CNC1c1ccsc1. The van der Waals surface area contributed by atoms with Gasteiger partial charge in [-0.3, -0.25) is 10.1 Å². The van der Waals surface area contributed by atoms with E-state index in [1.807, 2.05) is 16.7 Å².